The number of anilines is 1. The Balaban J connectivity index is 3.16. The van der Waals surface area contributed by atoms with Crippen LogP contribution in [0, 0.1) is 0 Å². The molecule has 0 aromatic carbocycles. The Hall–Kier alpha value is -1.47. The molecule has 0 unspecified atom stereocenters. The molecule has 8 heteroatoms. The van der Waals surface area contributed by atoms with E-state index in [4.69, 9.17) is 5.73 Å². The fourth-order valence-electron chi connectivity index (χ4n) is 0.694. The van der Waals surface area contributed by atoms with Crippen molar-refractivity contribution in [1.29, 1.82) is 0 Å². The van der Waals surface area contributed by atoms with Crippen LogP contribution in [0.25, 0.3) is 0 Å². The highest BCUT2D eigenvalue weighted by Crippen LogP contribution is 2.42. The number of nitrogen functional groups attached to an aromatic ring is 1. The highest BCUT2D eigenvalue weighted by Gasteiger charge is 2.60. The van der Waals surface area contributed by atoms with Crippen LogP contribution in [0.15, 0.2) is 12.3 Å². The van der Waals surface area contributed by atoms with Gasteiger partial charge in [0.2, 0.25) is 5.95 Å². The van der Waals surface area contributed by atoms with E-state index in [2.05, 4.69) is 9.97 Å². The van der Waals surface area contributed by atoms with E-state index in [0.29, 0.717) is 6.07 Å². The van der Waals surface area contributed by atoms with Crippen LogP contribution in [0.1, 0.15) is 5.69 Å². The Labute approximate surface area is 74.8 Å². The monoisotopic (exact) mass is 213 g/mol. The van der Waals surface area contributed by atoms with Gasteiger partial charge in [0.05, 0.1) is 0 Å². The third kappa shape index (κ3) is 1.73. The number of nitrogens with zero attached hydrogens (tertiary/aromatic N) is 2. The summed E-state index contributed by atoms with van der Waals surface area (Å²) in [5.74, 6) is -5.64. The molecule has 0 bridgehead atoms. The predicted octanol–water partition coefficient (Wildman–Crippen LogP) is 1.71. The number of hydrogen-bond acceptors (Lipinski definition) is 3. The van der Waals surface area contributed by atoms with Crippen LogP contribution in [0.2, 0.25) is 0 Å². The molecule has 2 N–H and O–H groups in total. The van der Waals surface area contributed by atoms with E-state index in [0.717, 1.165) is 6.20 Å². The summed E-state index contributed by atoms with van der Waals surface area (Å²) in [7, 11) is 0. The minimum Gasteiger partial charge on any atom is -0.368 e. The second kappa shape index (κ2) is 3.03. The molecule has 0 saturated carbocycles. The highest BCUT2D eigenvalue weighted by molar-refractivity contribution is 5.20. The van der Waals surface area contributed by atoms with Gasteiger partial charge in [-0.1, -0.05) is 0 Å². The van der Waals surface area contributed by atoms with Crippen LogP contribution < -0.4 is 5.73 Å². The third-order valence-electron chi connectivity index (χ3n) is 1.35. The van der Waals surface area contributed by atoms with E-state index in [1.54, 1.807) is 0 Å². The fraction of sp³-hybridized carbons (Fsp3) is 0.333. The van der Waals surface area contributed by atoms with E-state index in [1.807, 2.05) is 0 Å². The van der Waals surface area contributed by atoms with E-state index < -0.39 is 23.7 Å². The fourth-order valence-corrected chi connectivity index (χ4v) is 0.694. The van der Waals surface area contributed by atoms with Crippen LogP contribution >= 0.6 is 0 Å². The molecule has 0 spiro atoms. The SMILES string of the molecule is Nc1nccc(C(F)(F)C(F)(F)F)n1. The van der Waals surface area contributed by atoms with E-state index in [1.165, 1.54) is 0 Å². The van der Waals surface area contributed by atoms with Gasteiger partial charge in [-0.2, -0.15) is 22.0 Å². The molecular weight excluding hydrogens is 209 g/mol. The third-order valence-corrected chi connectivity index (χ3v) is 1.35. The topological polar surface area (TPSA) is 51.8 Å². The Bertz CT molecular complexity index is 334. The molecule has 1 heterocycles. The van der Waals surface area contributed by atoms with Gasteiger partial charge in [-0.25, -0.2) is 9.97 Å². The van der Waals surface area contributed by atoms with Crippen LogP contribution in [-0.4, -0.2) is 16.1 Å². The standard InChI is InChI=1S/C6H4F5N3/c7-5(8,6(9,10)11)3-1-2-13-4(12)14-3/h1-2H,(H2,12,13,14). The van der Waals surface area contributed by atoms with Crippen molar-refractivity contribution in [3.8, 4) is 0 Å². The molecule has 1 aromatic heterocycles. The maximum Gasteiger partial charge on any atom is 0.459 e. The number of alkyl halides is 5. The van der Waals surface area contributed by atoms with Crippen molar-refractivity contribution in [1.82, 2.24) is 9.97 Å². The predicted molar refractivity (Wildman–Crippen MR) is 36.4 cm³/mol. The lowest BCUT2D eigenvalue weighted by Crippen LogP contribution is -2.34. The number of halogens is 5. The molecule has 0 aliphatic rings. The summed E-state index contributed by atoms with van der Waals surface area (Å²) in [4.78, 5) is 6.01. The largest absolute Gasteiger partial charge is 0.459 e. The zero-order chi connectivity index (χ0) is 11.0. The van der Waals surface area contributed by atoms with Crippen molar-refractivity contribution >= 4 is 5.95 Å². The molecule has 0 saturated heterocycles. The maximum atomic E-state index is 12.6. The Kier molecular flexibility index (Phi) is 2.30. The zero-order valence-electron chi connectivity index (χ0n) is 6.52. The molecule has 3 nitrogen and oxygen atoms in total. The Morgan fingerprint density at radius 1 is 1.14 bits per heavy atom. The molecular formula is C6H4F5N3. The quantitative estimate of drug-likeness (QED) is 0.722. The van der Waals surface area contributed by atoms with Gasteiger partial charge in [0.1, 0.15) is 5.69 Å². The molecule has 0 amide bonds. The summed E-state index contributed by atoms with van der Waals surface area (Å²) in [5, 5.41) is 0. The Morgan fingerprint density at radius 3 is 2.14 bits per heavy atom. The smallest absolute Gasteiger partial charge is 0.368 e. The molecule has 14 heavy (non-hydrogen) atoms. The van der Waals surface area contributed by atoms with Gasteiger partial charge in [0.15, 0.2) is 0 Å². The maximum absolute atomic E-state index is 12.6. The first-order chi connectivity index (χ1) is 6.25. The van der Waals surface area contributed by atoms with Crippen molar-refractivity contribution in [2.24, 2.45) is 0 Å². The van der Waals surface area contributed by atoms with Crippen molar-refractivity contribution in [3.05, 3.63) is 18.0 Å². The summed E-state index contributed by atoms with van der Waals surface area (Å²) in [5.41, 5.74) is 3.42. The highest BCUT2D eigenvalue weighted by atomic mass is 19.4. The molecule has 0 aliphatic heterocycles. The summed E-state index contributed by atoms with van der Waals surface area (Å²) in [6.45, 7) is 0. The summed E-state index contributed by atoms with van der Waals surface area (Å²) >= 11 is 0. The second-order valence-electron chi connectivity index (χ2n) is 2.37. The van der Waals surface area contributed by atoms with Gasteiger partial charge in [-0.15, -0.1) is 0 Å². The van der Waals surface area contributed by atoms with Gasteiger partial charge >= 0.3 is 12.1 Å². The first-order valence-electron chi connectivity index (χ1n) is 3.28. The lowest BCUT2D eigenvalue weighted by molar-refractivity contribution is -0.290. The van der Waals surface area contributed by atoms with Gasteiger partial charge in [0, 0.05) is 6.20 Å². The molecule has 1 aromatic rings. The molecule has 78 valence electrons. The van der Waals surface area contributed by atoms with Gasteiger partial charge in [-0.3, -0.25) is 0 Å². The summed E-state index contributed by atoms with van der Waals surface area (Å²) < 4.78 is 60.5. The Morgan fingerprint density at radius 2 is 1.71 bits per heavy atom. The normalized spacial score (nSPS) is 12.9. The van der Waals surface area contributed by atoms with Crippen LogP contribution in [0.3, 0.4) is 0 Å². The van der Waals surface area contributed by atoms with Gasteiger partial charge in [-0.05, 0) is 6.07 Å². The van der Waals surface area contributed by atoms with E-state index >= 15 is 0 Å². The number of aromatic nitrogens is 2. The minimum atomic E-state index is -5.69. The minimum absolute atomic E-state index is 0.462. The van der Waals surface area contributed by atoms with Crippen LogP contribution in [-0.2, 0) is 5.92 Å². The lowest BCUT2D eigenvalue weighted by atomic mass is 10.2. The van der Waals surface area contributed by atoms with Crippen molar-refractivity contribution in [2.75, 3.05) is 5.73 Å². The molecule has 1 rings (SSSR count). The number of hydrogen-bond donors (Lipinski definition) is 1. The van der Waals surface area contributed by atoms with E-state index in [9.17, 15) is 22.0 Å². The van der Waals surface area contributed by atoms with Gasteiger partial charge in [0.25, 0.3) is 0 Å². The zero-order valence-corrected chi connectivity index (χ0v) is 6.52. The van der Waals surface area contributed by atoms with Crippen molar-refractivity contribution in [2.45, 2.75) is 12.1 Å². The van der Waals surface area contributed by atoms with Crippen molar-refractivity contribution < 1.29 is 22.0 Å². The van der Waals surface area contributed by atoms with Gasteiger partial charge < -0.3 is 5.73 Å². The lowest BCUT2D eigenvalue weighted by Gasteiger charge is -2.18. The first kappa shape index (κ1) is 10.6. The first-order valence-corrected chi connectivity index (χ1v) is 3.28. The molecule has 0 aliphatic carbocycles. The summed E-state index contributed by atoms with van der Waals surface area (Å²) in [6, 6.07) is 0.462. The summed E-state index contributed by atoms with van der Waals surface area (Å²) in [6.07, 6.45) is -4.95. The molecule has 0 atom stereocenters. The molecule has 0 fully saturated rings. The van der Waals surface area contributed by atoms with Crippen LogP contribution in [0.5, 0.6) is 0 Å². The van der Waals surface area contributed by atoms with E-state index in [-0.39, 0.29) is 0 Å². The number of rotatable bonds is 1. The van der Waals surface area contributed by atoms with Crippen LogP contribution in [0.4, 0.5) is 27.9 Å². The van der Waals surface area contributed by atoms with Crippen molar-refractivity contribution in [3.63, 3.8) is 0 Å². The molecule has 0 radical (unpaired) electrons. The number of nitrogens with two attached hydrogens (primary N) is 1. The second-order valence-corrected chi connectivity index (χ2v) is 2.37. The average Bonchev–Trinajstić information content (AvgIpc) is 2.02. The average molecular weight is 213 g/mol.